The molecule has 1 aromatic rings. The average Bonchev–Trinajstić information content (AvgIpc) is 2.71. The van der Waals surface area contributed by atoms with Crippen LogP contribution in [0.15, 0.2) is 41.5 Å². The van der Waals surface area contributed by atoms with Crippen molar-refractivity contribution in [3.8, 4) is 0 Å². The standard InChI is InChI=1S/C13H13N3O2/c17-16(18)13-7-2-1-6-11(13)14-15-12-8-9-4-3-5-10(9)12/h1-3,5-7,9-10,14H,4,8H2/b15-12-. The van der Waals surface area contributed by atoms with E-state index in [0.29, 0.717) is 17.5 Å². The molecular formula is C13H13N3O2. The molecule has 0 radical (unpaired) electrons. The predicted molar refractivity (Wildman–Crippen MR) is 69.5 cm³/mol. The minimum Gasteiger partial charge on any atom is -0.272 e. The van der Waals surface area contributed by atoms with Crippen molar-refractivity contribution in [3.63, 3.8) is 0 Å². The Morgan fingerprint density at radius 1 is 1.39 bits per heavy atom. The molecule has 5 heteroatoms. The summed E-state index contributed by atoms with van der Waals surface area (Å²) >= 11 is 0. The fourth-order valence-electron chi connectivity index (χ4n) is 2.52. The van der Waals surface area contributed by atoms with E-state index in [9.17, 15) is 10.1 Å². The molecule has 0 saturated heterocycles. The lowest BCUT2D eigenvalue weighted by Gasteiger charge is -2.31. The molecule has 2 atom stereocenters. The van der Waals surface area contributed by atoms with E-state index in [1.165, 1.54) is 6.07 Å². The molecule has 0 bridgehead atoms. The number of nitrogens with zero attached hydrogens (tertiary/aromatic N) is 2. The maximum absolute atomic E-state index is 10.8. The van der Waals surface area contributed by atoms with Gasteiger partial charge in [-0.3, -0.25) is 15.5 Å². The number of allylic oxidation sites excluding steroid dienone is 2. The molecule has 92 valence electrons. The number of nitro groups is 1. The topological polar surface area (TPSA) is 67.5 Å². The van der Waals surface area contributed by atoms with Crippen molar-refractivity contribution >= 4 is 17.1 Å². The van der Waals surface area contributed by atoms with Crippen molar-refractivity contribution in [2.45, 2.75) is 12.8 Å². The van der Waals surface area contributed by atoms with E-state index in [1.54, 1.807) is 18.2 Å². The first-order chi connectivity index (χ1) is 8.75. The molecule has 2 unspecified atom stereocenters. The third-order valence-electron chi connectivity index (χ3n) is 3.57. The second-order valence-corrected chi connectivity index (χ2v) is 4.64. The SMILES string of the molecule is O=[N+]([O-])c1ccccc1N/N=C1/CC2CC=CC12. The molecule has 0 heterocycles. The lowest BCUT2D eigenvalue weighted by Crippen LogP contribution is -2.33. The van der Waals surface area contributed by atoms with Crippen LogP contribution in [-0.4, -0.2) is 10.6 Å². The van der Waals surface area contributed by atoms with Gasteiger partial charge >= 0.3 is 0 Å². The van der Waals surface area contributed by atoms with Crippen LogP contribution in [0.4, 0.5) is 11.4 Å². The summed E-state index contributed by atoms with van der Waals surface area (Å²) in [5.41, 5.74) is 4.41. The van der Waals surface area contributed by atoms with Gasteiger partial charge in [-0.2, -0.15) is 5.10 Å². The summed E-state index contributed by atoms with van der Waals surface area (Å²) in [6.07, 6.45) is 6.48. The summed E-state index contributed by atoms with van der Waals surface area (Å²) in [6.45, 7) is 0. The molecule has 1 aromatic carbocycles. The summed E-state index contributed by atoms with van der Waals surface area (Å²) in [4.78, 5) is 10.4. The zero-order chi connectivity index (χ0) is 12.5. The Balaban J connectivity index is 1.76. The van der Waals surface area contributed by atoms with Crippen LogP contribution in [0.1, 0.15) is 12.8 Å². The molecule has 5 nitrogen and oxygen atoms in total. The minimum absolute atomic E-state index is 0.0553. The van der Waals surface area contributed by atoms with Crippen LogP contribution in [-0.2, 0) is 0 Å². The zero-order valence-corrected chi connectivity index (χ0v) is 9.74. The molecule has 1 saturated carbocycles. The molecule has 1 N–H and O–H groups in total. The Labute approximate surface area is 104 Å². The molecule has 18 heavy (non-hydrogen) atoms. The Morgan fingerprint density at radius 2 is 2.22 bits per heavy atom. The Morgan fingerprint density at radius 3 is 3.00 bits per heavy atom. The first-order valence-corrected chi connectivity index (χ1v) is 5.98. The van der Waals surface area contributed by atoms with Gasteiger partial charge in [-0.15, -0.1) is 0 Å². The smallest absolute Gasteiger partial charge is 0.272 e. The summed E-state index contributed by atoms with van der Waals surface area (Å²) < 4.78 is 0. The molecule has 0 amide bonds. The van der Waals surface area contributed by atoms with Crippen LogP contribution >= 0.6 is 0 Å². The van der Waals surface area contributed by atoms with Gasteiger partial charge in [0, 0.05) is 17.7 Å². The minimum atomic E-state index is -0.401. The van der Waals surface area contributed by atoms with Gasteiger partial charge in [-0.25, -0.2) is 0 Å². The Hall–Kier alpha value is -2.17. The lowest BCUT2D eigenvalue weighted by molar-refractivity contribution is -0.384. The van der Waals surface area contributed by atoms with Crippen molar-refractivity contribution in [3.05, 3.63) is 46.5 Å². The summed E-state index contributed by atoms with van der Waals surface area (Å²) in [7, 11) is 0. The molecule has 3 rings (SSSR count). The number of hydrogen-bond donors (Lipinski definition) is 1. The maximum Gasteiger partial charge on any atom is 0.294 e. The average molecular weight is 243 g/mol. The molecule has 0 aromatic heterocycles. The summed E-state index contributed by atoms with van der Waals surface area (Å²) in [5.74, 6) is 1.15. The number of anilines is 1. The molecule has 0 spiro atoms. The predicted octanol–water partition coefficient (Wildman–Crippen LogP) is 2.96. The number of fused-ring (bicyclic) bond motifs is 1. The van der Waals surface area contributed by atoms with Gasteiger partial charge in [0.25, 0.3) is 5.69 Å². The van der Waals surface area contributed by atoms with Crippen LogP contribution < -0.4 is 5.43 Å². The van der Waals surface area contributed by atoms with Crippen LogP contribution in [0.25, 0.3) is 0 Å². The quantitative estimate of drug-likeness (QED) is 0.504. The van der Waals surface area contributed by atoms with Gasteiger partial charge in [-0.1, -0.05) is 24.3 Å². The molecule has 1 fully saturated rings. The molecule has 2 aliphatic rings. The molecule has 0 aliphatic heterocycles. The summed E-state index contributed by atoms with van der Waals surface area (Å²) in [5, 5.41) is 15.1. The van der Waals surface area contributed by atoms with Gasteiger partial charge in [0.2, 0.25) is 0 Å². The highest BCUT2D eigenvalue weighted by molar-refractivity contribution is 5.95. The monoisotopic (exact) mass is 243 g/mol. The normalized spacial score (nSPS) is 26.8. The number of nitro benzene ring substituents is 1. The van der Waals surface area contributed by atoms with E-state index in [-0.39, 0.29) is 5.69 Å². The van der Waals surface area contributed by atoms with Gasteiger partial charge < -0.3 is 0 Å². The van der Waals surface area contributed by atoms with Gasteiger partial charge in [-0.05, 0) is 24.8 Å². The van der Waals surface area contributed by atoms with E-state index in [1.807, 2.05) is 0 Å². The number of benzene rings is 1. The number of para-hydroxylation sites is 2. The number of rotatable bonds is 3. The zero-order valence-electron chi connectivity index (χ0n) is 9.74. The van der Waals surface area contributed by atoms with E-state index < -0.39 is 4.92 Å². The highest BCUT2D eigenvalue weighted by atomic mass is 16.6. The highest BCUT2D eigenvalue weighted by Crippen LogP contribution is 2.40. The fraction of sp³-hybridized carbons (Fsp3) is 0.308. The molecule has 2 aliphatic carbocycles. The maximum atomic E-state index is 10.8. The van der Waals surface area contributed by atoms with Crippen molar-refractivity contribution in [1.82, 2.24) is 0 Å². The van der Waals surface area contributed by atoms with Gasteiger partial charge in [0.05, 0.1) is 4.92 Å². The number of nitrogens with one attached hydrogen (secondary N) is 1. The van der Waals surface area contributed by atoms with Crippen LogP contribution in [0.3, 0.4) is 0 Å². The summed E-state index contributed by atoms with van der Waals surface area (Å²) in [6, 6.07) is 6.55. The highest BCUT2D eigenvalue weighted by Gasteiger charge is 2.37. The fourth-order valence-corrected chi connectivity index (χ4v) is 2.52. The van der Waals surface area contributed by atoms with Crippen molar-refractivity contribution in [2.75, 3.05) is 5.43 Å². The van der Waals surface area contributed by atoms with Gasteiger partial charge in [0.15, 0.2) is 0 Å². The lowest BCUT2D eigenvalue weighted by atomic mass is 9.74. The number of hydrazone groups is 1. The third kappa shape index (κ3) is 1.77. The Kier molecular flexibility index (Phi) is 2.59. The van der Waals surface area contributed by atoms with E-state index >= 15 is 0 Å². The van der Waals surface area contributed by atoms with E-state index in [0.717, 1.165) is 18.6 Å². The first-order valence-electron chi connectivity index (χ1n) is 5.98. The van der Waals surface area contributed by atoms with Crippen molar-refractivity contribution in [2.24, 2.45) is 16.9 Å². The van der Waals surface area contributed by atoms with Gasteiger partial charge in [0.1, 0.15) is 5.69 Å². The second-order valence-electron chi connectivity index (χ2n) is 4.64. The first kappa shape index (κ1) is 11.0. The molecular weight excluding hydrogens is 230 g/mol. The second kappa shape index (κ2) is 4.25. The van der Waals surface area contributed by atoms with E-state index in [4.69, 9.17) is 0 Å². The van der Waals surface area contributed by atoms with E-state index in [2.05, 4.69) is 22.7 Å². The van der Waals surface area contributed by atoms with Crippen LogP contribution in [0.5, 0.6) is 0 Å². The van der Waals surface area contributed by atoms with Crippen molar-refractivity contribution in [1.29, 1.82) is 0 Å². The third-order valence-corrected chi connectivity index (χ3v) is 3.57. The van der Waals surface area contributed by atoms with Crippen molar-refractivity contribution < 1.29 is 4.92 Å². The van der Waals surface area contributed by atoms with Crippen LogP contribution in [0.2, 0.25) is 0 Å². The Bertz CT molecular complexity index is 551. The number of hydrogen-bond acceptors (Lipinski definition) is 4. The largest absolute Gasteiger partial charge is 0.294 e. The van der Waals surface area contributed by atoms with Crippen LogP contribution in [0, 0.1) is 22.0 Å².